The molecule has 5 heteroatoms. The van der Waals surface area contributed by atoms with Crippen LogP contribution in [0.3, 0.4) is 0 Å². The number of hydrogen-bond donors (Lipinski definition) is 2. The third-order valence-corrected chi connectivity index (χ3v) is 3.24. The molecule has 1 saturated carbocycles. The molecule has 21 heavy (non-hydrogen) atoms. The highest BCUT2D eigenvalue weighted by molar-refractivity contribution is 5.90. The molecule has 1 aliphatic carbocycles. The van der Waals surface area contributed by atoms with Crippen molar-refractivity contribution in [2.75, 3.05) is 31.7 Å². The molecule has 0 saturated heterocycles. The van der Waals surface area contributed by atoms with E-state index >= 15 is 0 Å². The number of nitrogens with one attached hydrogen (secondary N) is 2. The Bertz CT molecular complexity index is 447. The minimum Gasteiger partial charge on any atom is -0.492 e. The van der Waals surface area contributed by atoms with Crippen molar-refractivity contribution in [3.8, 4) is 5.75 Å². The average Bonchev–Trinajstić information content (AvgIpc) is 3.29. The van der Waals surface area contributed by atoms with Gasteiger partial charge in [0.1, 0.15) is 5.75 Å². The van der Waals surface area contributed by atoms with Crippen LogP contribution < -0.4 is 15.4 Å². The van der Waals surface area contributed by atoms with Gasteiger partial charge in [0.2, 0.25) is 0 Å². The number of para-hydroxylation sites is 2. The molecule has 0 unspecified atom stereocenters. The van der Waals surface area contributed by atoms with Crippen LogP contribution in [0.1, 0.15) is 26.2 Å². The van der Waals surface area contributed by atoms with Crippen LogP contribution in [-0.2, 0) is 4.74 Å². The maximum atomic E-state index is 11.8. The zero-order valence-electron chi connectivity index (χ0n) is 12.6. The molecular formula is C16H24N2O3. The van der Waals surface area contributed by atoms with Gasteiger partial charge in [-0.05, 0) is 44.2 Å². The smallest absolute Gasteiger partial charge is 0.319 e. The third-order valence-electron chi connectivity index (χ3n) is 3.24. The summed E-state index contributed by atoms with van der Waals surface area (Å²) in [7, 11) is 0. The number of hydrogen-bond acceptors (Lipinski definition) is 3. The van der Waals surface area contributed by atoms with Crippen LogP contribution >= 0.6 is 0 Å². The lowest BCUT2D eigenvalue weighted by atomic mass is 10.3. The van der Waals surface area contributed by atoms with Crippen LogP contribution in [0, 0.1) is 5.92 Å². The second-order valence-electron chi connectivity index (χ2n) is 5.18. The summed E-state index contributed by atoms with van der Waals surface area (Å²) in [6.45, 7) is 4.66. The van der Waals surface area contributed by atoms with Crippen molar-refractivity contribution in [1.82, 2.24) is 5.32 Å². The molecule has 1 fully saturated rings. The summed E-state index contributed by atoms with van der Waals surface area (Å²) in [6.07, 6.45) is 3.44. The Labute approximate surface area is 126 Å². The Morgan fingerprint density at radius 1 is 1.33 bits per heavy atom. The molecule has 2 N–H and O–H groups in total. The number of rotatable bonds is 9. The van der Waals surface area contributed by atoms with Gasteiger partial charge in [0.15, 0.2) is 0 Å². The minimum absolute atomic E-state index is 0.218. The van der Waals surface area contributed by atoms with Gasteiger partial charge in [0, 0.05) is 19.8 Å². The number of anilines is 1. The monoisotopic (exact) mass is 292 g/mol. The van der Waals surface area contributed by atoms with E-state index < -0.39 is 0 Å². The van der Waals surface area contributed by atoms with Gasteiger partial charge < -0.3 is 20.1 Å². The molecule has 0 atom stereocenters. The Morgan fingerprint density at radius 2 is 2.14 bits per heavy atom. The highest BCUT2D eigenvalue weighted by Gasteiger charge is 2.20. The summed E-state index contributed by atoms with van der Waals surface area (Å²) in [5.41, 5.74) is 0.682. The van der Waals surface area contributed by atoms with Gasteiger partial charge in [-0.3, -0.25) is 0 Å². The lowest BCUT2D eigenvalue weighted by molar-refractivity contribution is 0.122. The standard InChI is InChI=1S/C16H24N2O3/c1-2-21-15-7-4-3-6-14(15)18-16(19)17-10-5-11-20-12-13-8-9-13/h3-4,6-7,13H,2,5,8-12H2,1H3,(H2,17,18,19). The molecule has 0 heterocycles. The van der Waals surface area contributed by atoms with Crippen molar-refractivity contribution in [2.45, 2.75) is 26.2 Å². The average molecular weight is 292 g/mol. The fourth-order valence-electron chi connectivity index (χ4n) is 1.93. The first kappa shape index (κ1) is 15.6. The summed E-state index contributed by atoms with van der Waals surface area (Å²) < 4.78 is 11.0. The molecule has 116 valence electrons. The van der Waals surface area contributed by atoms with Gasteiger partial charge in [0.25, 0.3) is 0 Å². The van der Waals surface area contributed by atoms with Crippen molar-refractivity contribution in [1.29, 1.82) is 0 Å². The van der Waals surface area contributed by atoms with Gasteiger partial charge in [-0.25, -0.2) is 4.79 Å². The van der Waals surface area contributed by atoms with E-state index in [1.54, 1.807) is 0 Å². The van der Waals surface area contributed by atoms with E-state index in [1.807, 2.05) is 31.2 Å². The highest BCUT2D eigenvalue weighted by Crippen LogP contribution is 2.28. The van der Waals surface area contributed by atoms with Crippen molar-refractivity contribution in [2.24, 2.45) is 5.92 Å². The Morgan fingerprint density at radius 3 is 2.90 bits per heavy atom. The second-order valence-corrected chi connectivity index (χ2v) is 5.18. The SMILES string of the molecule is CCOc1ccccc1NC(=O)NCCCOCC1CC1. The van der Waals surface area contributed by atoms with Crippen LogP contribution in [0.15, 0.2) is 24.3 Å². The quantitative estimate of drug-likeness (QED) is 0.688. The van der Waals surface area contributed by atoms with E-state index in [4.69, 9.17) is 9.47 Å². The van der Waals surface area contributed by atoms with Crippen molar-refractivity contribution in [3.05, 3.63) is 24.3 Å². The molecule has 2 amide bonds. The molecule has 2 rings (SSSR count). The van der Waals surface area contributed by atoms with Crippen LogP contribution in [0.25, 0.3) is 0 Å². The van der Waals surface area contributed by atoms with Gasteiger partial charge in [-0.15, -0.1) is 0 Å². The summed E-state index contributed by atoms with van der Waals surface area (Å²) in [4.78, 5) is 11.8. The molecule has 5 nitrogen and oxygen atoms in total. The van der Waals surface area contributed by atoms with Gasteiger partial charge in [-0.2, -0.15) is 0 Å². The first-order valence-corrected chi connectivity index (χ1v) is 7.64. The molecule has 0 radical (unpaired) electrons. The number of benzene rings is 1. The van der Waals surface area contributed by atoms with E-state index in [0.29, 0.717) is 31.2 Å². The van der Waals surface area contributed by atoms with Gasteiger partial charge in [0.05, 0.1) is 12.3 Å². The third kappa shape index (κ3) is 6.04. The molecule has 1 aromatic rings. The Kier molecular flexibility index (Phi) is 6.34. The highest BCUT2D eigenvalue weighted by atomic mass is 16.5. The first-order valence-electron chi connectivity index (χ1n) is 7.64. The number of carbonyl (C=O) groups is 1. The maximum Gasteiger partial charge on any atom is 0.319 e. The fourth-order valence-corrected chi connectivity index (χ4v) is 1.93. The largest absolute Gasteiger partial charge is 0.492 e. The zero-order valence-corrected chi connectivity index (χ0v) is 12.6. The van der Waals surface area contributed by atoms with Crippen molar-refractivity contribution >= 4 is 11.7 Å². The van der Waals surface area contributed by atoms with E-state index in [2.05, 4.69) is 10.6 Å². The topological polar surface area (TPSA) is 59.6 Å². The summed E-state index contributed by atoms with van der Waals surface area (Å²) >= 11 is 0. The Hall–Kier alpha value is -1.75. The molecule has 0 aromatic heterocycles. The van der Waals surface area contributed by atoms with Crippen LogP contribution in [0.5, 0.6) is 5.75 Å². The van der Waals surface area contributed by atoms with Gasteiger partial charge in [-0.1, -0.05) is 12.1 Å². The molecule has 1 aliphatic rings. The summed E-state index contributed by atoms with van der Waals surface area (Å²) in [6, 6.07) is 7.19. The lowest BCUT2D eigenvalue weighted by Gasteiger charge is -2.12. The number of urea groups is 1. The molecule has 1 aromatic carbocycles. The molecular weight excluding hydrogens is 268 g/mol. The zero-order chi connectivity index (χ0) is 14.9. The van der Waals surface area contributed by atoms with Crippen LogP contribution in [-0.4, -0.2) is 32.4 Å². The normalized spacial score (nSPS) is 13.8. The number of amides is 2. The second kappa shape index (κ2) is 8.52. The predicted octanol–water partition coefficient (Wildman–Crippen LogP) is 3.02. The fraction of sp³-hybridized carbons (Fsp3) is 0.562. The van der Waals surface area contributed by atoms with Crippen molar-refractivity contribution < 1.29 is 14.3 Å². The summed E-state index contributed by atoms with van der Waals surface area (Å²) in [5.74, 6) is 1.47. The van der Waals surface area contributed by atoms with Crippen molar-refractivity contribution in [3.63, 3.8) is 0 Å². The molecule has 0 spiro atoms. The number of carbonyl (C=O) groups excluding carboxylic acids is 1. The van der Waals surface area contributed by atoms with Gasteiger partial charge >= 0.3 is 6.03 Å². The maximum absolute atomic E-state index is 11.8. The summed E-state index contributed by atoms with van der Waals surface area (Å²) in [5, 5.41) is 5.62. The predicted molar refractivity (Wildman–Crippen MR) is 82.8 cm³/mol. The van der Waals surface area contributed by atoms with Crippen LogP contribution in [0.4, 0.5) is 10.5 Å². The van der Waals surface area contributed by atoms with E-state index in [-0.39, 0.29) is 6.03 Å². The van der Waals surface area contributed by atoms with E-state index in [0.717, 1.165) is 18.9 Å². The van der Waals surface area contributed by atoms with E-state index in [1.165, 1.54) is 12.8 Å². The molecule has 0 aliphatic heterocycles. The molecule has 0 bridgehead atoms. The minimum atomic E-state index is -0.218. The lowest BCUT2D eigenvalue weighted by Crippen LogP contribution is -2.30. The van der Waals surface area contributed by atoms with Crippen LogP contribution in [0.2, 0.25) is 0 Å². The Balaban J connectivity index is 1.61. The first-order chi connectivity index (χ1) is 10.3. The van der Waals surface area contributed by atoms with E-state index in [9.17, 15) is 4.79 Å². The number of ether oxygens (including phenoxy) is 2.